The van der Waals surface area contributed by atoms with Gasteiger partial charge in [0.05, 0.1) is 25.1 Å². The van der Waals surface area contributed by atoms with Crippen LogP contribution in [0.1, 0.15) is 29.7 Å². The highest BCUT2D eigenvalue weighted by molar-refractivity contribution is 5.61. The monoisotopic (exact) mass is 336 g/mol. The minimum Gasteiger partial charge on any atom is -0.497 e. The third kappa shape index (κ3) is 2.14. The number of benzene rings is 1. The van der Waals surface area contributed by atoms with Gasteiger partial charge in [-0.1, -0.05) is 12.1 Å². The van der Waals surface area contributed by atoms with E-state index >= 15 is 0 Å². The lowest BCUT2D eigenvalue weighted by atomic mass is 10.0. The number of aromatic nitrogens is 3. The minimum absolute atomic E-state index is 0.113. The molecule has 2 heterocycles. The average molecular weight is 336 g/mol. The zero-order chi connectivity index (χ0) is 17.0. The quantitative estimate of drug-likeness (QED) is 0.765. The first-order valence-corrected chi connectivity index (χ1v) is 8.63. The standard InChI is InChI=1S/C19H20N4O2/c1-25-13-4-2-12(3-5-13)11-20-18-14-10-15(24)19(7-8-19)17(14)22-16-6-9-21-23(16)18/h2-6,9,15,20,24H,7-8,10-11H2,1H3. The van der Waals surface area contributed by atoms with Crippen molar-refractivity contribution in [2.24, 2.45) is 0 Å². The molecule has 0 amide bonds. The SMILES string of the molecule is COc1ccc(CNc2c3c(nc4ccnn24)C2(CC2)C(O)C3)cc1. The lowest BCUT2D eigenvalue weighted by Crippen LogP contribution is -2.21. The predicted molar refractivity (Wildman–Crippen MR) is 93.9 cm³/mol. The van der Waals surface area contributed by atoms with Gasteiger partial charge in [-0.05, 0) is 30.5 Å². The molecule has 1 spiro atoms. The van der Waals surface area contributed by atoms with Crippen molar-refractivity contribution in [3.8, 4) is 5.75 Å². The van der Waals surface area contributed by atoms with Gasteiger partial charge in [-0.2, -0.15) is 9.61 Å². The van der Waals surface area contributed by atoms with Gasteiger partial charge in [0, 0.05) is 30.0 Å². The largest absolute Gasteiger partial charge is 0.497 e. The molecule has 0 radical (unpaired) electrons. The molecule has 2 aromatic heterocycles. The zero-order valence-electron chi connectivity index (χ0n) is 14.1. The Hall–Kier alpha value is -2.60. The van der Waals surface area contributed by atoms with E-state index < -0.39 is 0 Å². The Bertz CT molecular complexity index is 944. The molecule has 1 atom stereocenters. The fourth-order valence-corrected chi connectivity index (χ4v) is 3.94. The molecule has 0 bridgehead atoms. The van der Waals surface area contributed by atoms with Gasteiger partial charge in [0.25, 0.3) is 0 Å². The molecule has 1 aromatic carbocycles. The summed E-state index contributed by atoms with van der Waals surface area (Å²) in [5.74, 6) is 1.80. The van der Waals surface area contributed by atoms with Crippen LogP contribution in [0.4, 0.5) is 5.82 Å². The molecule has 1 saturated carbocycles. The van der Waals surface area contributed by atoms with Crippen LogP contribution in [-0.2, 0) is 18.4 Å². The van der Waals surface area contributed by atoms with E-state index in [0.29, 0.717) is 13.0 Å². The molecule has 2 N–H and O–H groups in total. The molecule has 6 nitrogen and oxygen atoms in total. The molecule has 25 heavy (non-hydrogen) atoms. The van der Waals surface area contributed by atoms with Crippen LogP contribution < -0.4 is 10.1 Å². The van der Waals surface area contributed by atoms with Gasteiger partial charge in [0.15, 0.2) is 5.65 Å². The molecule has 5 rings (SSSR count). The number of methoxy groups -OCH3 is 1. The Morgan fingerprint density at radius 2 is 2.08 bits per heavy atom. The van der Waals surface area contributed by atoms with Crippen molar-refractivity contribution in [1.82, 2.24) is 14.6 Å². The van der Waals surface area contributed by atoms with Gasteiger partial charge in [-0.25, -0.2) is 4.98 Å². The summed E-state index contributed by atoms with van der Waals surface area (Å²) in [5.41, 5.74) is 4.04. The summed E-state index contributed by atoms with van der Waals surface area (Å²) >= 11 is 0. The molecular formula is C19H20N4O2. The first-order valence-electron chi connectivity index (χ1n) is 8.63. The maximum absolute atomic E-state index is 10.5. The van der Waals surface area contributed by atoms with Crippen LogP contribution in [0.5, 0.6) is 5.75 Å². The van der Waals surface area contributed by atoms with Crippen molar-refractivity contribution in [2.45, 2.75) is 37.3 Å². The molecule has 0 aliphatic heterocycles. The second-order valence-corrected chi connectivity index (χ2v) is 6.97. The van der Waals surface area contributed by atoms with Crippen molar-refractivity contribution >= 4 is 11.5 Å². The van der Waals surface area contributed by atoms with Gasteiger partial charge in [-0.15, -0.1) is 0 Å². The minimum atomic E-state index is -0.330. The first kappa shape index (κ1) is 14.7. The number of ether oxygens (including phenoxy) is 1. The Morgan fingerprint density at radius 1 is 1.28 bits per heavy atom. The highest BCUT2D eigenvalue weighted by Gasteiger charge is 2.57. The van der Waals surface area contributed by atoms with Crippen molar-refractivity contribution in [2.75, 3.05) is 12.4 Å². The Morgan fingerprint density at radius 3 is 2.80 bits per heavy atom. The van der Waals surface area contributed by atoms with E-state index in [1.807, 2.05) is 34.8 Å². The number of aliphatic hydroxyl groups excluding tert-OH is 1. The molecule has 1 fully saturated rings. The van der Waals surface area contributed by atoms with Gasteiger partial charge in [-0.3, -0.25) is 0 Å². The molecule has 2 aliphatic rings. The number of aliphatic hydroxyl groups is 1. The Kier molecular flexibility index (Phi) is 3.06. The van der Waals surface area contributed by atoms with Crippen molar-refractivity contribution in [3.63, 3.8) is 0 Å². The van der Waals surface area contributed by atoms with Gasteiger partial charge >= 0.3 is 0 Å². The van der Waals surface area contributed by atoms with Crippen molar-refractivity contribution < 1.29 is 9.84 Å². The van der Waals surface area contributed by atoms with Crippen LogP contribution in [0.3, 0.4) is 0 Å². The number of nitrogens with zero attached hydrogens (tertiary/aromatic N) is 3. The first-order chi connectivity index (χ1) is 12.2. The molecule has 128 valence electrons. The van der Waals surface area contributed by atoms with E-state index in [-0.39, 0.29) is 11.5 Å². The third-order valence-corrected chi connectivity index (χ3v) is 5.55. The van der Waals surface area contributed by atoms with E-state index in [2.05, 4.69) is 10.4 Å². The van der Waals surface area contributed by atoms with E-state index in [1.165, 1.54) is 0 Å². The maximum Gasteiger partial charge on any atom is 0.157 e. The molecule has 6 heteroatoms. The second-order valence-electron chi connectivity index (χ2n) is 6.97. The number of nitrogens with one attached hydrogen (secondary N) is 1. The fraction of sp³-hybridized carbons (Fsp3) is 0.368. The van der Waals surface area contributed by atoms with Crippen LogP contribution in [-0.4, -0.2) is 32.9 Å². The van der Waals surface area contributed by atoms with Crippen molar-refractivity contribution in [3.05, 3.63) is 53.3 Å². The molecule has 3 aromatic rings. The van der Waals surface area contributed by atoms with Crippen LogP contribution in [0.2, 0.25) is 0 Å². The van der Waals surface area contributed by atoms with Crippen molar-refractivity contribution in [1.29, 1.82) is 0 Å². The van der Waals surface area contributed by atoms with Crippen LogP contribution in [0, 0.1) is 0 Å². The summed E-state index contributed by atoms with van der Waals surface area (Å²) < 4.78 is 7.05. The summed E-state index contributed by atoms with van der Waals surface area (Å²) in [4.78, 5) is 4.80. The average Bonchev–Trinajstić information content (AvgIpc) is 3.23. The lowest BCUT2D eigenvalue weighted by molar-refractivity contribution is 0.145. The number of hydrogen-bond acceptors (Lipinski definition) is 5. The van der Waals surface area contributed by atoms with Gasteiger partial charge < -0.3 is 15.2 Å². The van der Waals surface area contributed by atoms with E-state index in [9.17, 15) is 5.11 Å². The summed E-state index contributed by atoms with van der Waals surface area (Å²) in [7, 11) is 1.67. The van der Waals surface area contributed by atoms with Gasteiger partial charge in [0.2, 0.25) is 0 Å². The summed E-state index contributed by atoms with van der Waals surface area (Å²) in [6.07, 6.45) is 4.13. The van der Waals surface area contributed by atoms with Crippen LogP contribution >= 0.6 is 0 Å². The highest BCUT2D eigenvalue weighted by Crippen LogP contribution is 2.57. The smallest absolute Gasteiger partial charge is 0.157 e. The number of rotatable bonds is 4. The second kappa shape index (κ2) is 5.20. The normalized spacial score (nSPS) is 20.0. The Labute approximate surface area is 145 Å². The lowest BCUT2D eigenvalue weighted by Gasteiger charge is -2.15. The molecular weight excluding hydrogens is 316 g/mol. The molecule has 0 saturated heterocycles. The van der Waals surface area contributed by atoms with E-state index in [1.54, 1.807) is 13.3 Å². The van der Waals surface area contributed by atoms with Gasteiger partial charge in [0.1, 0.15) is 11.6 Å². The maximum atomic E-state index is 10.5. The van der Waals surface area contributed by atoms with Crippen LogP contribution in [0.15, 0.2) is 36.5 Å². The molecule has 2 aliphatic carbocycles. The summed E-state index contributed by atoms with van der Waals surface area (Å²) in [6.45, 7) is 0.679. The number of hydrogen-bond donors (Lipinski definition) is 2. The third-order valence-electron chi connectivity index (χ3n) is 5.55. The zero-order valence-corrected chi connectivity index (χ0v) is 14.1. The Balaban J connectivity index is 1.52. The molecule has 1 unspecified atom stereocenters. The fourth-order valence-electron chi connectivity index (χ4n) is 3.94. The van der Waals surface area contributed by atoms with E-state index in [4.69, 9.17) is 9.72 Å². The number of anilines is 1. The van der Waals surface area contributed by atoms with E-state index in [0.717, 1.165) is 46.9 Å². The number of fused-ring (bicyclic) bond motifs is 3. The van der Waals surface area contributed by atoms with Crippen LogP contribution in [0.25, 0.3) is 5.65 Å². The summed E-state index contributed by atoms with van der Waals surface area (Å²) in [6, 6.07) is 9.93. The summed E-state index contributed by atoms with van der Waals surface area (Å²) in [5, 5.41) is 18.5. The topological polar surface area (TPSA) is 71.7 Å². The predicted octanol–water partition coefficient (Wildman–Crippen LogP) is 2.30. The highest BCUT2D eigenvalue weighted by atomic mass is 16.5.